The van der Waals surface area contributed by atoms with Crippen molar-refractivity contribution in [1.82, 2.24) is 0 Å². The van der Waals surface area contributed by atoms with Gasteiger partial charge in [0.15, 0.2) is 0 Å². The Morgan fingerprint density at radius 2 is 2.24 bits per heavy atom. The third-order valence-corrected chi connectivity index (χ3v) is 2.93. The van der Waals surface area contributed by atoms with Gasteiger partial charge in [-0.2, -0.15) is 0 Å². The summed E-state index contributed by atoms with van der Waals surface area (Å²) in [6.45, 7) is 4.13. The standard InChI is InChI=1S/C12H18BrN3O/c1-3-17-7-6-16(2)11-5-4-9(13)8-10(11)12(14)15/h4-5,8H,3,6-7H2,1-2H3,(H3,14,15). The van der Waals surface area contributed by atoms with Gasteiger partial charge < -0.3 is 15.4 Å². The molecule has 0 aliphatic rings. The maximum Gasteiger partial charge on any atom is 0.124 e. The Kier molecular flexibility index (Phi) is 5.44. The van der Waals surface area contributed by atoms with Gasteiger partial charge in [-0.15, -0.1) is 0 Å². The number of hydrogen-bond donors (Lipinski definition) is 2. The highest BCUT2D eigenvalue weighted by Gasteiger charge is 2.10. The molecular formula is C12H18BrN3O. The van der Waals surface area contributed by atoms with Crippen LogP contribution in [0.5, 0.6) is 0 Å². The van der Waals surface area contributed by atoms with E-state index in [1.807, 2.05) is 37.1 Å². The molecule has 0 radical (unpaired) electrons. The first kappa shape index (κ1) is 14.0. The van der Waals surface area contributed by atoms with Gasteiger partial charge in [-0.3, -0.25) is 5.41 Å². The number of nitrogens with one attached hydrogen (secondary N) is 1. The largest absolute Gasteiger partial charge is 0.384 e. The molecule has 1 aromatic rings. The van der Waals surface area contributed by atoms with Crippen LogP contribution in [0.15, 0.2) is 22.7 Å². The Morgan fingerprint density at radius 3 is 2.82 bits per heavy atom. The first-order valence-corrected chi connectivity index (χ1v) is 6.28. The number of ether oxygens (including phenoxy) is 1. The molecule has 0 fully saturated rings. The van der Waals surface area contributed by atoms with Crippen LogP contribution in [-0.2, 0) is 4.74 Å². The summed E-state index contributed by atoms with van der Waals surface area (Å²) in [4.78, 5) is 2.04. The smallest absolute Gasteiger partial charge is 0.124 e. The molecule has 0 aliphatic heterocycles. The molecule has 1 rings (SSSR count). The lowest BCUT2D eigenvalue weighted by molar-refractivity contribution is 0.154. The van der Waals surface area contributed by atoms with Gasteiger partial charge in [0.25, 0.3) is 0 Å². The average molecular weight is 300 g/mol. The molecule has 0 heterocycles. The van der Waals surface area contributed by atoms with Crippen LogP contribution >= 0.6 is 15.9 Å². The molecule has 1 aromatic carbocycles. The van der Waals surface area contributed by atoms with E-state index < -0.39 is 0 Å². The molecule has 0 saturated carbocycles. The van der Waals surface area contributed by atoms with Gasteiger partial charge in [-0.25, -0.2) is 0 Å². The minimum Gasteiger partial charge on any atom is -0.384 e. The summed E-state index contributed by atoms with van der Waals surface area (Å²) >= 11 is 3.38. The molecular weight excluding hydrogens is 282 g/mol. The maximum atomic E-state index is 7.58. The van der Waals surface area contributed by atoms with Crippen molar-refractivity contribution < 1.29 is 4.74 Å². The molecule has 0 aliphatic carbocycles. The number of rotatable bonds is 6. The minimum atomic E-state index is 0.0737. The molecule has 5 heteroatoms. The van der Waals surface area contributed by atoms with E-state index in [2.05, 4.69) is 15.9 Å². The number of benzene rings is 1. The van der Waals surface area contributed by atoms with Crippen LogP contribution in [0.2, 0.25) is 0 Å². The third-order valence-electron chi connectivity index (χ3n) is 2.44. The van der Waals surface area contributed by atoms with Crippen molar-refractivity contribution in [3.63, 3.8) is 0 Å². The van der Waals surface area contributed by atoms with E-state index in [4.69, 9.17) is 15.9 Å². The lowest BCUT2D eigenvalue weighted by Gasteiger charge is -2.22. The lowest BCUT2D eigenvalue weighted by Crippen LogP contribution is -2.26. The quantitative estimate of drug-likeness (QED) is 0.481. The highest BCUT2D eigenvalue weighted by Crippen LogP contribution is 2.23. The Balaban J connectivity index is 2.84. The predicted molar refractivity (Wildman–Crippen MR) is 74.9 cm³/mol. The first-order chi connectivity index (χ1) is 8.06. The number of nitrogens with zero attached hydrogens (tertiary/aromatic N) is 1. The average Bonchev–Trinajstić information content (AvgIpc) is 2.29. The minimum absolute atomic E-state index is 0.0737. The van der Waals surface area contributed by atoms with Crippen molar-refractivity contribution in [2.75, 3.05) is 31.7 Å². The number of halogens is 1. The van der Waals surface area contributed by atoms with Crippen molar-refractivity contribution in [1.29, 1.82) is 5.41 Å². The van der Waals surface area contributed by atoms with E-state index >= 15 is 0 Å². The third kappa shape index (κ3) is 4.02. The lowest BCUT2D eigenvalue weighted by atomic mass is 10.1. The SMILES string of the molecule is CCOCCN(C)c1ccc(Br)cc1C(=N)N. The van der Waals surface area contributed by atoms with Gasteiger partial charge in [0.2, 0.25) is 0 Å². The summed E-state index contributed by atoms with van der Waals surface area (Å²) in [6, 6.07) is 5.75. The number of amidine groups is 1. The normalized spacial score (nSPS) is 10.3. The van der Waals surface area contributed by atoms with Gasteiger partial charge >= 0.3 is 0 Å². The Hall–Kier alpha value is -1.07. The molecule has 3 N–H and O–H groups in total. The summed E-state index contributed by atoms with van der Waals surface area (Å²) in [7, 11) is 1.97. The van der Waals surface area contributed by atoms with Crippen LogP contribution in [0.25, 0.3) is 0 Å². The molecule has 0 spiro atoms. The predicted octanol–water partition coefficient (Wildman–Crippen LogP) is 2.21. The van der Waals surface area contributed by atoms with Gasteiger partial charge in [0.05, 0.1) is 6.61 Å². The van der Waals surface area contributed by atoms with Crippen molar-refractivity contribution in [3.8, 4) is 0 Å². The number of hydrogen-bond acceptors (Lipinski definition) is 3. The van der Waals surface area contributed by atoms with E-state index in [9.17, 15) is 0 Å². The van der Waals surface area contributed by atoms with E-state index in [0.29, 0.717) is 13.2 Å². The van der Waals surface area contributed by atoms with Gasteiger partial charge in [-0.05, 0) is 25.1 Å². The van der Waals surface area contributed by atoms with Gasteiger partial charge in [0, 0.05) is 35.9 Å². The number of nitrogen functional groups attached to an aromatic ring is 1. The fraction of sp³-hybridized carbons (Fsp3) is 0.417. The van der Waals surface area contributed by atoms with Crippen LogP contribution < -0.4 is 10.6 Å². The Labute approximate surface area is 110 Å². The molecule has 0 saturated heterocycles. The second kappa shape index (κ2) is 6.61. The zero-order valence-electron chi connectivity index (χ0n) is 10.2. The van der Waals surface area contributed by atoms with Gasteiger partial charge in [-0.1, -0.05) is 15.9 Å². The number of anilines is 1. The Bertz CT molecular complexity index is 395. The molecule has 0 unspecified atom stereocenters. The van der Waals surface area contributed by atoms with Crippen LogP contribution in [0.3, 0.4) is 0 Å². The summed E-state index contributed by atoms with van der Waals surface area (Å²) < 4.78 is 6.23. The fourth-order valence-corrected chi connectivity index (χ4v) is 1.88. The highest BCUT2D eigenvalue weighted by atomic mass is 79.9. The molecule has 4 nitrogen and oxygen atoms in total. The first-order valence-electron chi connectivity index (χ1n) is 5.49. The summed E-state index contributed by atoms with van der Waals surface area (Å²) in [5.74, 6) is 0.0737. The van der Waals surface area contributed by atoms with Crippen molar-refractivity contribution in [2.24, 2.45) is 5.73 Å². The highest BCUT2D eigenvalue weighted by molar-refractivity contribution is 9.10. The summed E-state index contributed by atoms with van der Waals surface area (Å²) in [5.41, 5.74) is 7.26. The molecule has 17 heavy (non-hydrogen) atoms. The summed E-state index contributed by atoms with van der Waals surface area (Å²) in [5, 5.41) is 7.58. The van der Waals surface area contributed by atoms with Crippen molar-refractivity contribution in [3.05, 3.63) is 28.2 Å². The fourth-order valence-electron chi connectivity index (χ4n) is 1.52. The van der Waals surface area contributed by atoms with E-state index in [1.54, 1.807) is 0 Å². The number of likely N-dealkylation sites (N-methyl/N-ethyl adjacent to an activating group) is 1. The van der Waals surface area contributed by atoms with E-state index in [0.717, 1.165) is 22.3 Å². The molecule has 94 valence electrons. The summed E-state index contributed by atoms with van der Waals surface area (Å²) in [6.07, 6.45) is 0. The molecule has 0 atom stereocenters. The molecule has 0 bridgehead atoms. The Morgan fingerprint density at radius 1 is 1.53 bits per heavy atom. The molecule has 0 amide bonds. The van der Waals surface area contributed by atoms with Crippen molar-refractivity contribution in [2.45, 2.75) is 6.92 Å². The monoisotopic (exact) mass is 299 g/mol. The van der Waals surface area contributed by atoms with Crippen LogP contribution in [0, 0.1) is 5.41 Å². The topological polar surface area (TPSA) is 62.3 Å². The second-order valence-electron chi connectivity index (χ2n) is 3.69. The van der Waals surface area contributed by atoms with E-state index in [1.165, 1.54) is 0 Å². The second-order valence-corrected chi connectivity index (χ2v) is 4.61. The van der Waals surface area contributed by atoms with Gasteiger partial charge in [0.1, 0.15) is 5.84 Å². The van der Waals surface area contributed by atoms with E-state index in [-0.39, 0.29) is 5.84 Å². The van der Waals surface area contributed by atoms with Crippen LogP contribution in [-0.4, -0.2) is 32.6 Å². The molecule has 0 aromatic heterocycles. The zero-order valence-corrected chi connectivity index (χ0v) is 11.8. The van der Waals surface area contributed by atoms with Crippen LogP contribution in [0.1, 0.15) is 12.5 Å². The zero-order chi connectivity index (χ0) is 12.8. The maximum absolute atomic E-state index is 7.58. The number of nitrogens with two attached hydrogens (primary N) is 1. The van der Waals surface area contributed by atoms with Crippen molar-refractivity contribution >= 4 is 27.5 Å². The van der Waals surface area contributed by atoms with Crippen LogP contribution in [0.4, 0.5) is 5.69 Å².